The number of rotatable bonds is 6. The van der Waals surface area contributed by atoms with E-state index in [1.165, 1.54) is 12.4 Å². The summed E-state index contributed by atoms with van der Waals surface area (Å²) in [6, 6.07) is 10.9. The Bertz CT molecular complexity index is 913. The van der Waals surface area contributed by atoms with Crippen LogP contribution in [0.2, 0.25) is 0 Å². The molecule has 0 atom stereocenters. The lowest BCUT2D eigenvalue weighted by Crippen LogP contribution is -2.37. The third-order valence-corrected chi connectivity index (χ3v) is 4.75. The Morgan fingerprint density at radius 2 is 1.89 bits per heavy atom. The van der Waals surface area contributed by atoms with Crippen molar-refractivity contribution >= 4 is 10.9 Å². The zero-order valence-corrected chi connectivity index (χ0v) is 15.1. The van der Waals surface area contributed by atoms with Crippen LogP contribution in [-0.2, 0) is 4.74 Å². The summed E-state index contributed by atoms with van der Waals surface area (Å²) in [5.41, 5.74) is 2.60. The van der Waals surface area contributed by atoms with Crippen LogP contribution >= 0.6 is 0 Å². The molecule has 2 heterocycles. The van der Waals surface area contributed by atoms with Gasteiger partial charge in [-0.3, -0.25) is 4.90 Å². The average Bonchev–Trinajstić information content (AvgIpc) is 2.72. The monoisotopic (exact) mass is 367 g/mol. The molecule has 140 valence electrons. The lowest BCUT2D eigenvalue weighted by Gasteiger charge is -2.26. The summed E-state index contributed by atoms with van der Waals surface area (Å²) in [5.74, 6) is -0.0480. The van der Waals surface area contributed by atoms with E-state index >= 15 is 0 Å². The summed E-state index contributed by atoms with van der Waals surface area (Å²) in [6.07, 6.45) is 4.15. The van der Waals surface area contributed by atoms with Gasteiger partial charge in [-0.25, -0.2) is 14.4 Å². The molecule has 0 bridgehead atoms. The summed E-state index contributed by atoms with van der Waals surface area (Å²) in [4.78, 5) is 10.6. The van der Waals surface area contributed by atoms with Crippen LogP contribution in [0.1, 0.15) is 6.42 Å². The first-order valence-corrected chi connectivity index (χ1v) is 9.22. The van der Waals surface area contributed by atoms with Gasteiger partial charge >= 0.3 is 0 Å². The number of morpholine rings is 1. The molecule has 4 rings (SSSR count). The predicted molar refractivity (Wildman–Crippen MR) is 102 cm³/mol. The van der Waals surface area contributed by atoms with Crippen molar-refractivity contribution in [1.29, 1.82) is 0 Å². The fourth-order valence-electron chi connectivity index (χ4n) is 3.26. The highest BCUT2D eigenvalue weighted by Crippen LogP contribution is 2.27. The van der Waals surface area contributed by atoms with Crippen LogP contribution in [0.25, 0.3) is 22.0 Å². The van der Waals surface area contributed by atoms with Gasteiger partial charge in [0.2, 0.25) is 0 Å². The Kier molecular flexibility index (Phi) is 5.55. The first kappa shape index (κ1) is 17.8. The van der Waals surface area contributed by atoms with Crippen LogP contribution < -0.4 is 4.74 Å². The van der Waals surface area contributed by atoms with Crippen LogP contribution in [0, 0.1) is 5.82 Å². The van der Waals surface area contributed by atoms with Crippen molar-refractivity contribution in [3.63, 3.8) is 0 Å². The number of hydrogen-bond donors (Lipinski definition) is 0. The summed E-state index contributed by atoms with van der Waals surface area (Å²) in [7, 11) is 0. The first-order chi connectivity index (χ1) is 13.3. The Balaban J connectivity index is 1.38. The Morgan fingerprint density at radius 1 is 1.07 bits per heavy atom. The Morgan fingerprint density at radius 3 is 2.74 bits per heavy atom. The average molecular weight is 367 g/mol. The lowest BCUT2D eigenvalue weighted by atomic mass is 10.0. The topological polar surface area (TPSA) is 47.5 Å². The van der Waals surface area contributed by atoms with Crippen LogP contribution in [-0.4, -0.2) is 54.3 Å². The predicted octanol–water partition coefficient (Wildman–Crippen LogP) is 3.54. The molecule has 1 aliphatic rings. The first-order valence-electron chi connectivity index (χ1n) is 9.22. The zero-order chi connectivity index (χ0) is 18.5. The lowest BCUT2D eigenvalue weighted by molar-refractivity contribution is 0.0357. The van der Waals surface area contributed by atoms with E-state index in [1.807, 2.05) is 24.3 Å². The van der Waals surface area contributed by atoms with Crippen molar-refractivity contribution < 1.29 is 13.9 Å². The van der Waals surface area contributed by atoms with Crippen LogP contribution in [0.4, 0.5) is 4.39 Å². The molecular formula is C21H22FN3O2. The van der Waals surface area contributed by atoms with Gasteiger partial charge in [0.05, 0.1) is 25.3 Å². The molecule has 3 aromatic rings. The van der Waals surface area contributed by atoms with Crippen LogP contribution in [0.15, 0.2) is 48.9 Å². The highest BCUT2D eigenvalue weighted by Gasteiger charge is 2.11. The van der Waals surface area contributed by atoms with Crippen molar-refractivity contribution in [2.24, 2.45) is 0 Å². The highest BCUT2D eigenvalue weighted by molar-refractivity contribution is 5.83. The number of halogens is 1. The number of nitrogens with zero attached hydrogens (tertiary/aromatic N) is 3. The van der Waals surface area contributed by atoms with Crippen molar-refractivity contribution in [3.8, 4) is 16.9 Å². The molecule has 0 N–H and O–H groups in total. The van der Waals surface area contributed by atoms with Crippen molar-refractivity contribution in [3.05, 3.63) is 54.7 Å². The number of benzene rings is 2. The van der Waals surface area contributed by atoms with Gasteiger partial charge in [0, 0.05) is 31.2 Å². The molecule has 5 nitrogen and oxygen atoms in total. The maximum absolute atomic E-state index is 14.5. The largest absolute Gasteiger partial charge is 0.490 e. The third-order valence-electron chi connectivity index (χ3n) is 4.75. The number of hydrogen-bond acceptors (Lipinski definition) is 5. The second-order valence-electron chi connectivity index (χ2n) is 6.60. The van der Waals surface area contributed by atoms with Crippen molar-refractivity contribution in [2.75, 3.05) is 39.5 Å². The van der Waals surface area contributed by atoms with Gasteiger partial charge in [-0.2, -0.15) is 0 Å². The second kappa shape index (κ2) is 8.41. The minimum atomic E-state index is -0.344. The summed E-state index contributed by atoms with van der Waals surface area (Å²) < 4.78 is 25.4. The fraction of sp³-hybridized carbons (Fsp3) is 0.333. The van der Waals surface area contributed by atoms with Gasteiger partial charge in [-0.15, -0.1) is 0 Å². The van der Waals surface area contributed by atoms with E-state index in [0.29, 0.717) is 12.4 Å². The maximum Gasteiger partial charge on any atom is 0.165 e. The van der Waals surface area contributed by atoms with E-state index < -0.39 is 0 Å². The molecule has 1 aliphatic heterocycles. The molecule has 1 saturated heterocycles. The Hall–Kier alpha value is -2.57. The van der Waals surface area contributed by atoms with E-state index in [2.05, 4.69) is 14.9 Å². The van der Waals surface area contributed by atoms with Gasteiger partial charge in [-0.1, -0.05) is 12.1 Å². The van der Waals surface area contributed by atoms with Gasteiger partial charge in [0.25, 0.3) is 0 Å². The quantitative estimate of drug-likeness (QED) is 0.624. The highest BCUT2D eigenvalue weighted by atomic mass is 19.1. The minimum absolute atomic E-state index is 0.296. The molecule has 0 radical (unpaired) electrons. The van der Waals surface area contributed by atoms with E-state index in [9.17, 15) is 4.39 Å². The van der Waals surface area contributed by atoms with Gasteiger partial charge < -0.3 is 9.47 Å². The molecule has 1 fully saturated rings. The smallest absolute Gasteiger partial charge is 0.165 e. The second-order valence-corrected chi connectivity index (χ2v) is 6.60. The summed E-state index contributed by atoms with van der Waals surface area (Å²) >= 11 is 0. The summed E-state index contributed by atoms with van der Waals surface area (Å²) in [6.45, 7) is 4.94. The number of fused-ring (bicyclic) bond motifs is 1. The van der Waals surface area contributed by atoms with Gasteiger partial charge in [0.15, 0.2) is 11.6 Å². The summed E-state index contributed by atoms with van der Waals surface area (Å²) in [5, 5.41) is 0.929. The molecule has 6 heteroatoms. The molecule has 0 amide bonds. The molecule has 0 aliphatic carbocycles. The SMILES string of the molecule is Fc1cc(-c2ccc3ncncc3c2)ccc1OCCCN1CCOCC1. The van der Waals surface area contributed by atoms with E-state index in [4.69, 9.17) is 9.47 Å². The Labute approximate surface area is 157 Å². The minimum Gasteiger partial charge on any atom is -0.490 e. The number of aromatic nitrogens is 2. The molecule has 2 aromatic carbocycles. The van der Waals surface area contributed by atoms with Crippen LogP contribution in [0.5, 0.6) is 5.75 Å². The van der Waals surface area contributed by atoms with Crippen molar-refractivity contribution in [2.45, 2.75) is 6.42 Å². The van der Waals surface area contributed by atoms with E-state index in [1.54, 1.807) is 12.3 Å². The molecule has 0 spiro atoms. The van der Waals surface area contributed by atoms with E-state index in [0.717, 1.165) is 61.3 Å². The standard InChI is InChI=1S/C21H22FN3O2/c22-19-13-17(16-2-4-20-18(12-16)14-23-15-24-20)3-5-21(19)27-9-1-6-25-7-10-26-11-8-25/h2-5,12-15H,1,6-11H2. The van der Waals surface area contributed by atoms with Gasteiger partial charge in [-0.05, 0) is 41.8 Å². The number of ether oxygens (including phenoxy) is 2. The van der Waals surface area contributed by atoms with Gasteiger partial charge in [0.1, 0.15) is 6.33 Å². The zero-order valence-electron chi connectivity index (χ0n) is 15.1. The maximum atomic E-state index is 14.5. The van der Waals surface area contributed by atoms with E-state index in [-0.39, 0.29) is 5.82 Å². The molecular weight excluding hydrogens is 345 g/mol. The van der Waals surface area contributed by atoms with Crippen molar-refractivity contribution in [1.82, 2.24) is 14.9 Å². The third kappa shape index (κ3) is 4.40. The molecule has 0 saturated carbocycles. The molecule has 27 heavy (non-hydrogen) atoms. The molecule has 1 aromatic heterocycles. The fourth-order valence-corrected chi connectivity index (χ4v) is 3.26. The molecule has 0 unspecified atom stereocenters. The van der Waals surface area contributed by atoms with Crippen LogP contribution in [0.3, 0.4) is 0 Å². The normalized spacial score (nSPS) is 15.1.